The lowest BCUT2D eigenvalue weighted by molar-refractivity contribution is -0.132. The van der Waals surface area contributed by atoms with Gasteiger partial charge in [0.05, 0.1) is 31.1 Å². The number of carbonyl (C=O) groups is 3. The summed E-state index contributed by atoms with van der Waals surface area (Å²) in [5.74, 6) is -1.40. The lowest BCUT2D eigenvalue weighted by Gasteiger charge is -2.23. The normalized spacial score (nSPS) is 18.8. The number of nitrogens with zero attached hydrogens (tertiary/aromatic N) is 1. The molecule has 0 radical (unpaired) electrons. The molecule has 2 aromatic carbocycles. The van der Waals surface area contributed by atoms with Gasteiger partial charge in [-0.15, -0.1) is 0 Å². The van der Waals surface area contributed by atoms with Crippen LogP contribution in [-0.2, 0) is 20.7 Å². The van der Waals surface area contributed by atoms with Crippen molar-refractivity contribution in [2.75, 3.05) is 18.6 Å². The zero-order valence-electron chi connectivity index (χ0n) is 17.6. The number of esters is 1. The second-order valence-corrected chi connectivity index (χ2v) is 7.64. The van der Waals surface area contributed by atoms with Crippen molar-refractivity contribution in [1.82, 2.24) is 0 Å². The molecule has 8 nitrogen and oxygen atoms in total. The van der Waals surface area contributed by atoms with Crippen LogP contribution >= 0.6 is 0 Å². The molecular weight excluding hydrogens is 426 g/mol. The van der Waals surface area contributed by atoms with E-state index in [9.17, 15) is 19.5 Å². The van der Waals surface area contributed by atoms with E-state index in [1.807, 2.05) is 0 Å². The number of amides is 1. The van der Waals surface area contributed by atoms with Crippen LogP contribution in [0.4, 0.5) is 5.69 Å². The van der Waals surface area contributed by atoms with E-state index in [-0.39, 0.29) is 11.3 Å². The molecule has 1 unspecified atom stereocenters. The van der Waals surface area contributed by atoms with E-state index in [0.29, 0.717) is 35.6 Å². The zero-order valence-corrected chi connectivity index (χ0v) is 17.6. The van der Waals surface area contributed by atoms with Crippen LogP contribution in [0.3, 0.4) is 0 Å². The molecule has 1 atom stereocenters. The van der Waals surface area contributed by atoms with Crippen molar-refractivity contribution in [3.8, 4) is 5.75 Å². The molecule has 0 bridgehead atoms. The van der Waals surface area contributed by atoms with Crippen molar-refractivity contribution in [2.24, 2.45) is 0 Å². The number of anilines is 1. The monoisotopic (exact) mass is 445 g/mol. The van der Waals surface area contributed by atoms with Crippen molar-refractivity contribution >= 4 is 29.1 Å². The van der Waals surface area contributed by atoms with Gasteiger partial charge in [-0.05, 0) is 60.2 Å². The van der Waals surface area contributed by atoms with Crippen LogP contribution in [0.1, 0.15) is 33.3 Å². The van der Waals surface area contributed by atoms with E-state index in [2.05, 4.69) is 0 Å². The average Bonchev–Trinajstić information content (AvgIpc) is 3.58. The molecule has 33 heavy (non-hydrogen) atoms. The molecule has 5 rings (SSSR count). The maximum Gasteiger partial charge on any atom is 0.337 e. The Bertz CT molecular complexity index is 1290. The smallest absolute Gasteiger partial charge is 0.337 e. The maximum absolute atomic E-state index is 13.1. The number of furan rings is 1. The van der Waals surface area contributed by atoms with Gasteiger partial charge in [0, 0.05) is 17.7 Å². The van der Waals surface area contributed by atoms with Gasteiger partial charge in [0.25, 0.3) is 11.7 Å². The Kier molecular flexibility index (Phi) is 4.97. The number of hydrogen-bond donors (Lipinski definition) is 1. The van der Waals surface area contributed by atoms with Crippen molar-refractivity contribution in [1.29, 1.82) is 0 Å². The van der Waals surface area contributed by atoms with Crippen LogP contribution in [0.2, 0.25) is 0 Å². The number of hydrogen-bond acceptors (Lipinski definition) is 7. The Hall–Kier alpha value is -4.33. The number of rotatable bonds is 4. The van der Waals surface area contributed by atoms with Crippen molar-refractivity contribution < 1.29 is 33.4 Å². The molecule has 1 N–H and O–H groups in total. The van der Waals surface area contributed by atoms with Gasteiger partial charge in [0.1, 0.15) is 23.3 Å². The number of benzene rings is 2. The SMILES string of the molecule is COC(=O)c1ccc(N2C(=O)C(=O)/C(=C(\O)c3ccc4c(c3)CCO4)C2c2ccco2)cc1. The predicted molar refractivity (Wildman–Crippen MR) is 117 cm³/mol. The van der Waals surface area contributed by atoms with Crippen LogP contribution in [0.15, 0.2) is 70.9 Å². The lowest BCUT2D eigenvalue weighted by Crippen LogP contribution is -2.29. The van der Waals surface area contributed by atoms with Gasteiger partial charge in [-0.1, -0.05) is 0 Å². The van der Waals surface area contributed by atoms with Crippen LogP contribution in [-0.4, -0.2) is 36.5 Å². The van der Waals surface area contributed by atoms with E-state index in [1.165, 1.54) is 30.4 Å². The van der Waals surface area contributed by atoms with Crippen LogP contribution in [0, 0.1) is 0 Å². The van der Waals surface area contributed by atoms with E-state index in [1.54, 1.807) is 42.5 Å². The summed E-state index contributed by atoms with van der Waals surface area (Å²) in [6.07, 6.45) is 2.13. The Morgan fingerprint density at radius 2 is 1.85 bits per heavy atom. The van der Waals surface area contributed by atoms with Crippen LogP contribution < -0.4 is 9.64 Å². The highest BCUT2D eigenvalue weighted by Gasteiger charge is 2.48. The third kappa shape index (κ3) is 3.36. The summed E-state index contributed by atoms with van der Waals surface area (Å²) in [5, 5.41) is 11.2. The first-order valence-corrected chi connectivity index (χ1v) is 10.3. The fourth-order valence-electron chi connectivity index (χ4n) is 4.18. The fraction of sp³-hybridized carbons (Fsp3) is 0.160. The third-order valence-electron chi connectivity index (χ3n) is 5.79. The summed E-state index contributed by atoms with van der Waals surface area (Å²) in [5.41, 5.74) is 1.92. The second-order valence-electron chi connectivity index (χ2n) is 7.64. The fourth-order valence-corrected chi connectivity index (χ4v) is 4.18. The molecular formula is C25H19NO7. The summed E-state index contributed by atoms with van der Waals surface area (Å²) in [6, 6.07) is 13.5. The van der Waals surface area contributed by atoms with Gasteiger partial charge in [-0.2, -0.15) is 0 Å². The minimum Gasteiger partial charge on any atom is -0.507 e. The first-order chi connectivity index (χ1) is 16.0. The Labute approximate surface area is 188 Å². The molecule has 1 aromatic heterocycles. The number of fused-ring (bicyclic) bond motifs is 1. The Morgan fingerprint density at radius 3 is 2.55 bits per heavy atom. The summed E-state index contributed by atoms with van der Waals surface area (Å²) in [7, 11) is 1.27. The Morgan fingerprint density at radius 1 is 1.09 bits per heavy atom. The average molecular weight is 445 g/mol. The van der Waals surface area contributed by atoms with E-state index in [4.69, 9.17) is 13.9 Å². The first-order valence-electron chi connectivity index (χ1n) is 10.3. The third-order valence-corrected chi connectivity index (χ3v) is 5.79. The van der Waals surface area contributed by atoms with Crippen molar-refractivity contribution in [2.45, 2.75) is 12.5 Å². The number of aliphatic hydroxyl groups is 1. The van der Waals surface area contributed by atoms with Gasteiger partial charge in [0.2, 0.25) is 0 Å². The topological polar surface area (TPSA) is 106 Å². The number of ether oxygens (including phenoxy) is 2. The molecule has 0 spiro atoms. The molecule has 1 saturated heterocycles. The Balaban J connectivity index is 1.63. The zero-order chi connectivity index (χ0) is 23.1. The van der Waals surface area contributed by atoms with Gasteiger partial charge in [0.15, 0.2) is 0 Å². The molecule has 0 saturated carbocycles. The maximum atomic E-state index is 13.1. The molecule has 3 aromatic rings. The van der Waals surface area contributed by atoms with E-state index < -0.39 is 23.7 Å². The molecule has 8 heteroatoms. The summed E-state index contributed by atoms with van der Waals surface area (Å²) in [4.78, 5) is 39.2. The van der Waals surface area contributed by atoms with Crippen molar-refractivity contribution in [3.05, 3.63) is 88.9 Å². The summed E-state index contributed by atoms with van der Waals surface area (Å²) < 4.78 is 15.8. The quantitative estimate of drug-likeness (QED) is 0.283. The van der Waals surface area contributed by atoms with Crippen LogP contribution in [0.25, 0.3) is 5.76 Å². The number of methoxy groups -OCH3 is 1. The highest BCUT2D eigenvalue weighted by molar-refractivity contribution is 6.51. The number of ketones is 1. The van der Waals surface area contributed by atoms with Crippen LogP contribution in [0.5, 0.6) is 5.75 Å². The molecule has 1 fully saturated rings. The highest BCUT2D eigenvalue weighted by atomic mass is 16.5. The molecule has 166 valence electrons. The number of Topliss-reactive ketones (excluding diaryl/α,β-unsaturated/α-hetero) is 1. The molecule has 3 heterocycles. The largest absolute Gasteiger partial charge is 0.507 e. The summed E-state index contributed by atoms with van der Waals surface area (Å²) >= 11 is 0. The number of carbonyl (C=O) groups excluding carboxylic acids is 3. The van der Waals surface area contributed by atoms with Gasteiger partial charge in [-0.3, -0.25) is 14.5 Å². The standard InChI is InChI=1S/C25H19NO7/c1-31-25(30)14-4-7-17(8-5-14)26-21(19-3-2-11-32-19)20(23(28)24(26)29)22(27)16-6-9-18-15(13-16)10-12-33-18/h2-9,11,13,21,27H,10,12H2,1H3/b22-20-. The molecule has 1 amide bonds. The summed E-state index contributed by atoms with van der Waals surface area (Å²) in [6.45, 7) is 0.553. The first kappa shape index (κ1) is 20.6. The minimum absolute atomic E-state index is 0.0779. The van der Waals surface area contributed by atoms with Crippen molar-refractivity contribution in [3.63, 3.8) is 0 Å². The highest BCUT2D eigenvalue weighted by Crippen LogP contribution is 2.42. The van der Waals surface area contributed by atoms with E-state index >= 15 is 0 Å². The second kappa shape index (κ2) is 7.98. The van der Waals surface area contributed by atoms with E-state index in [0.717, 1.165) is 11.3 Å². The van der Waals surface area contributed by atoms with Gasteiger partial charge >= 0.3 is 5.97 Å². The predicted octanol–water partition coefficient (Wildman–Crippen LogP) is 3.63. The van der Waals surface area contributed by atoms with Gasteiger partial charge in [-0.25, -0.2) is 4.79 Å². The lowest BCUT2D eigenvalue weighted by atomic mass is 9.97. The minimum atomic E-state index is -0.978. The number of aliphatic hydroxyl groups excluding tert-OH is 1. The van der Waals surface area contributed by atoms with Gasteiger partial charge < -0.3 is 19.0 Å². The molecule has 0 aliphatic carbocycles. The molecule has 2 aliphatic heterocycles. The molecule has 2 aliphatic rings.